The smallest absolute Gasteiger partial charge is 0.306 e. The molecule has 1 aromatic heterocycles. The summed E-state index contributed by atoms with van der Waals surface area (Å²) in [4.78, 5) is 73.6. The molecule has 0 spiro atoms. The monoisotopic (exact) mass is 725 g/mol. The molecule has 3 N–H and O–H groups in total. The first-order valence-corrected chi connectivity index (χ1v) is 19.1. The number of rotatable bonds is 18. The summed E-state index contributed by atoms with van der Waals surface area (Å²) in [5, 5.41) is 17.6. The standard InChI is InChI=1S/C38H55N5O7S/c1-8-24(4)32(41-37(49)38-16-12-13-17-43(38)22-38)35(46)42(7)30(23(2)3)20-31(50-26(6)44)34-40-29(21-51-34)33(45)39-28(18-25(5)36(47)48)19-27-14-10-9-11-15-27/h9-11,14-15,21,23-25,28,30-32H,8,12-13,16-20,22H2,1-7H3,(H,39,45)(H,41,49)(H,47,48)/t24-,25-,28+,30+,31+,32-,38-,43?/m0/s1. The second-order valence-corrected chi connectivity index (χ2v) is 15.6. The van der Waals surface area contributed by atoms with E-state index in [2.05, 4.69) is 20.5 Å². The highest BCUT2D eigenvalue weighted by atomic mass is 32.1. The van der Waals surface area contributed by atoms with Crippen LogP contribution in [0.5, 0.6) is 0 Å². The Labute approximate surface area is 305 Å². The molecule has 51 heavy (non-hydrogen) atoms. The summed E-state index contributed by atoms with van der Waals surface area (Å²) in [6.07, 6.45) is 3.67. The number of benzene rings is 1. The molecule has 0 bridgehead atoms. The van der Waals surface area contributed by atoms with E-state index in [0.29, 0.717) is 17.8 Å². The maximum Gasteiger partial charge on any atom is 0.306 e. The molecule has 3 amide bonds. The van der Waals surface area contributed by atoms with E-state index in [4.69, 9.17) is 4.74 Å². The number of carbonyl (C=O) groups excluding carboxylic acids is 4. The Kier molecular flexibility index (Phi) is 13.8. The molecule has 0 saturated carbocycles. The van der Waals surface area contributed by atoms with E-state index >= 15 is 0 Å². The summed E-state index contributed by atoms with van der Waals surface area (Å²) >= 11 is 1.19. The number of esters is 1. The zero-order valence-electron chi connectivity index (χ0n) is 31.0. The van der Waals surface area contributed by atoms with Gasteiger partial charge in [0.1, 0.15) is 22.3 Å². The van der Waals surface area contributed by atoms with Gasteiger partial charge in [0.2, 0.25) is 11.8 Å². The van der Waals surface area contributed by atoms with Gasteiger partial charge in [-0.25, -0.2) is 4.98 Å². The van der Waals surface area contributed by atoms with E-state index in [1.54, 1.807) is 24.3 Å². The zero-order chi connectivity index (χ0) is 37.5. The minimum atomic E-state index is -0.943. The summed E-state index contributed by atoms with van der Waals surface area (Å²) in [6.45, 7) is 12.5. The lowest BCUT2D eigenvalue weighted by molar-refractivity contribution is -0.149. The number of thiazole rings is 1. The Morgan fingerprint density at radius 1 is 1.06 bits per heavy atom. The molecule has 4 rings (SSSR count). The normalized spacial score (nSPS) is 21.6. The van der Waals surface area contributed by atoms with Crippen molar-refractivity contribution in [3.05, 3.63) is 52.0 Å². The molecule has 0 radical (unpaired) electrons. The largest absolute Gasteiger partial charge is 0.481 e. The third-order valence-electron chi connectivity index (χ3n) is 10.5. The molecule has 1 unspecified atom stereocenters. The molecule has 1 aromatic carbocycles. The minimum Gasteiger partial charge on any atom is -0.481 e. The first-order valence-electron chi connectivity index (χ1n) is 18.2. The van der Waals surface area contributed by atoms with Gasteiger partial charge in [-0.1, -0.05) is 71.4 Å². The highest BCUT2D eigenvalue weighted by molar-refractivity contribution is 7.09. The van der Waals surface area contributed by atoms with Crippen LogP contribution in [-0.4, -0.2) is 93.4 Å². The SMILES string of the molecule is CC[C@H](C)[C@H](NC(=O)[C@@]12CCCCN1C2)C(=O)N(C)[C@H](C[C@@H](OC(C)=O)c1nc(C(=O)N[C@@H](Cc2ccccc2)C[C@H](C)C(=O)O)cs1)C(C)C. The molecule has 12 nitrogen and oxygen atoms in total. The van der Waals surface area contributed by atoms with Crippen LogP contribution in [0.2, 0.25) is 0 Å². The number of aromatic nitrogens is 1. The maximum absolute atomic E-state index is 14.2. The van der Waals surface area contributed by atoms with Crippen LogP contribution in [-0.2, 0) is 30.3 Å². The lowest BCUT2D eigenvalue weighted by Crippen LogP contribution is -2.57. The highest BCUT2D eigenvalue weighted by Gasteiger charge is 2.59. The average Bonchev–Trinajstić information content (AvgIpc) is 3.65. The van der Waals surface area contributed by atoms with Gasteiger partial charge in [0.05, 0.1) is 5.92 Å². The van der Waals surface area contributed by atoms with E-state index in [-0.39, 0.29) is 48.2 Å². The average molecular weight is 726 g/mol. The fraction of sp³-hybridized carbons (Fsp3) is 0.632. The van der Waals surface area contributed by atoms with Crippen LogP contribution in [0, 0.1) is 17.8 Å². The van der Waals surface area contributed by atoms with Crippen LogP contribution in [0.25, 0.3) is 0 Å². The van der Waals surface area contributed by atoms with Crippen molar-refractivity contribution in [3.8, 4) is 0 Å². The summed E-state index contributed by atoms with van der Waals surface area (Å²) in [7, 11) is 1.73. The molecular weight excluding hydrogens is 671 g/mol. The van der Waals surface area contributed by atoms with Gasteiger partial charge in [-0.15, -0.1) is 11.3 Å². The molecule has 2 aromatic rings. The Morgan fingerprint density at radius 2 is 1.76 bits per heavy atom. The van der Waals surface area contributed by atoms with Crippen LogP contribution >= 0.6 is 11.3 Å². The first kappa shape index (κ1) is 39.9. The number of fused-ring (bicyclic) bond motifs is 1. The van der Waals surface area contributed by atoms with Gasteiger partial charge in [-0.3, -0.25) is 28.9 Å². The summed E-state index contributed by atoms with van der Waals surface area (Å²) in [5.74, 6) is -3.01. The van der Waals surface area contributed by atoms with Crippen LogP contribution in [0.3, 0.4) is 0 Å². The van der Waals surface area contributed by atoms with Crippen molar-refractivity contribution in [3.63, 3.8) is 0 Å². The predicted octanol–water partition coefficient (Wildman–Crippen LogP) is 4.84. The van der Waals surface area contributed by atoms with E-state index in [1.165, 1.54) is 18.3 Å². The molecule has 280 valence electrons. The second kappa shape index (κ2) is 17.6. The van der Waals surface area contributed by atoms with Crippen LogP contribution in [0.4, 0.5) is 0 Å². The molecule has 2 aliphatic rings. The molecule has 2 fully saturated rings. The molecular formula is C38H55N5O7S. The number of carboxylic acids is 1. The number of carbonyl (C=O) groups is 5. The summed E-state index contributed by atoms with van der Waals surface area (Å²) in [6, 6.07) is 7.99. The van der Waals surface area contributed by atoms with E-state index in [0.717, 1.165) is 37.9 Å². The summed E-state index contributed by atoms with van der Waals surface area (Å²) < 4.78 is 5.77. The highest BCUT2D eigenvalue weighted by Crippen LogP contribution is 2.41. The van der Waals surface area contributed by atoms with Gasteiger partial charge in [0.15, 0.2) is 6.10 Å². The number of nitrogens with one attached hydrogen (secondary N) is 2. The number of hydrogen-bond donors (Lipinski definition) is 3. The Morgan fingerprint density at radius 3 is 2.37 bits per heavy atom. The van der Waals surface area contributed by atoms with Crippen molar-refractivity contribution in [1.29, 1.82) is 0 Å². The molecule has 0 aliphatic carbocycles. The second-order valence-electron chi connectivity index (χ2n) is 14.7. The minimum absolute atomic E-state index is 0.0427. The lowest BCUT2D eigenvalue weighted by atomic mass is 9.92. The number of piperidine rings is 1. The van der Waals surface area contributed by atoms with Crippen molar-refractivity contribution in [2.24, 2.45) is 17.8 Å². The number of carboxylic acid groups (broad SMARTS) is 1. The van der Waals surface area contributed by atoms with Crippen LogP contribution < -0.4 is 10.6 Å². The summed E-state index contributed by atoms with van der Waals surface area (Å²) in [5.41, 5.74) is 0.603. The zero-order valence-corrected chi connectivity index (χ0v) is 31.8. The maximum atomic E-state index is 14.2. The van der Waals surface area contributed by atoms with Gasteiger partial charge in [0.25, 0.3) is 5.91 Å². The number of likely N-dealkylation sites (N-methyl/N-ethyl adjacent to an activating group) is 1. The molecule has 8 atom stereocenters. The number of hydrogen-bond acceptors (Lipinski definition) is 9. The van der Waals surface area contributed by atoms with E-state index in [1.807, 2.05) is 58.0 Å². The quantitative estimate of drug-likeness (QED) is 0.145. The Balaban J connectivity index is 1.50. The van der Waals surface area contributed by atoms with Crippen LogP contribution in [0.1, 0.15) is 107 Å². The van der Waals surface area contributed by atoms with E-state index in [9.17, 15) is 29.1 Å². The number of aliphatic carboxylic acids is 1. The van der Waals surface area contributed by atoms with Gasteiger partial charge in [-0.2, -0.15) is 0 Å². The first-order chi connectivity index (χ1) is 24.2. The molecule has 13 heteroatoms. The van der Waals surface area contributed by atoms with Gasteiger partial charge < -0.3 is 25.4 Å². The number of amides is 3. The lowest BCUT2D eigenvalue weighted by Gasteiger charge is -2.37. The Bertz CT molecular complexity index is 1530. The molecule has 2 saturated heterocycles. The van der Waals surface area contributed by atoms with Crippen molar-refractivity contribution in [1.82, 2.24) is 25.4 Å². The number of nitrogens with zero attached hydrogens (tertiary/aromatic N) is 3. The van der Waals surface area contributed by atoms with Gasteiger partial charge in [0, 0.05) is 44.4 Å². The van der Waals surface area contributed by atoms with Crippen molar-refractivity contribution < 1.29 is 33.8 Å². The fourth-order valence-electron chi connectivity index (χ4n) is 7.12. The predicted molar refractivity (Wildman–Crippen MR) is 195 cm³/mol. The topological polar surface area (TPSA) is 158 Å². The van der Waals surface area contributed by atoms with Crippen molar-refractivity contribution in [2.75, 3.05) is 20.1 Å². The van der Waals surface area contributed by atoms with Crippen molar-refractivity contribution >= 4 is 41.0 Å². The fourth-order valence-corrected chi connectivity index (χ4v) is 7.96. The van der Waals surface area contributed by atoms with E-state index < -0.39 is 47.5 Å². The van der Waals surface area contributed by atoms with Crippen LogP contribution in [0.15, 0.2) is 35.7 Å². The molecule has 3 heterocycles. The third kappa shape index (κ3) is 10.2. The third-order valence-corrected chi connectivity index (χ3v) is 11.5. The van der Waals surface area contributed by atoms with Crippen molar-refractivity contribution in [2.45, 2.75) is 116 Å². The molecule has 2 aliphatic heterocycles. The van der Waals surface area contributed by atoms with Gasteiger partial charge >= 0.3 is 11.9 Å². The number of ether oxygens (including phenoxy) is 1. The van der Waals surface area contributed by atoms with Gasteiger partial charge in [-0.05, 0) is 56.0 Å². The Hall–Kier alpha value is -3.84.